The summed E-state index contributed by atoms with van der Waals surface area (Å²) in [7, 11) is 0. The van der Waals surface area contributed by atoms with Crippen LogP contribution in [-0.2, 0) is 12.8 Å². The van der Waals surface area contributed by atoms with Gasteiger partial charge in [-0.25, -0.2) is 9.67 Å². The van der Waals surface area contributed by atoms with Gasteiger partial charge in [-0.2, -0.15) is 0 Å². The molecule has 0 unspecified atom stereocenters. The number of carbonyl (C=O) groups excluding carboxylic acids is 1. The van der Waals surface area contributed by atoms with Crippen LogP contribution >= 0.6 is 11.3 Å². The van der Waals surface area contributed by atoms with Crippen molar-refractivity contribution in [2.75, 3.05) is 5.32 Å². The van der Waals surface area contributed by atoms with Gasteiger partial charge in [-0.05, 0) is 51.4 Å². The van der Waals surface area contributed by atoms with Crippen molar-refractivity contribution in [1.29, 1.82) is 0 Å². The summed E-state index contributed by atoms with van der Waals surface area (Å²) in [6, 6.07) is 0.588. The van der Waals surface area contributed by atoms with E-state index in [1.807, 2.05) is 4.68 Å². The number of amides is 1. The Kier molecular flexibility index (Phi) is 5.31. The minimum atomic E-state index is -0.231. The molecule has 140 valence electrons. The van der Waals surface area contributed by atoms with Gasteiger partial charge in [0, 0.05) is 10.9 Å². The van der Waals surface area contributed by atoms with E-state index < -0.39 is 0 Å². The lowest BCUT2D eigenvalue weighted by molar-refractivity contribution is 0.102. The molecule has 2 aliphatic carbocycles. The Morgan fingerprint density at radius 3 is 2.73 bits per heavy atom. The molecule has 7 nitrogen and oxygen atoms in total. The van der Waals surface area contributed by atoms with Crippen LogP contribution in [0, 0.1) is 0 Å². The number of hydrogen-bond donors (Lipinski definition) is 2. The van der Waals surface area contributed by atoms with Gasteiger partial charge in [0.2, 0.25) is 0 Å². The van der Waals surface area contributed by atoms with E-state index in [4.69, 9.17) is 5.73 Å². The summed E-state index contributed by atoms with van der Waals surface area (Å²) in [6.07, 6.45) is 12.8. The van der Waals surface area contributed by atoms with Gasteiger partial charge in [-0.1, -0.05) is 18.1 Å². The highest BCUT2D eigenvalue weighted by molar-refractivity contribution is 7.15. The molecule has 2 aromatic rings. The van der Waals surface area contributed by atoms with E-state index in [-0.39, 0.29) is 5.91 Å². The largest absolute Gasteiger partial charge is 0.328 e. The van der Waals surface area contributed by atoms with Crippen LogP contribution in [0.15, 0.2) is 6.20 Å². The number of fused-ring (bicyclic) bond motifs is 1. The first-order chi connectivity index (χ1) is 12.7. The minimum absolute atomic E-state index is 0.231. The Bertz CT molecular complexity index is 736. The Hall–Kier alpha value is -1.80. The standard InChI is InChI=1S/C18H26N6OS/c19-12-7-9-13(10-8-12)24-11-15(22-23-24)17(25)21-18-20-14-5-3-1-2-4-6-16(14)26-18/h11-13H,1-10,19H2,(H,20,21,25). The van der Waals surface area contributed by atoms with Gasteiger partial charge < -0.3 is 5.73 Å². The number of anilines is 1. The summed E-state index contributed by atoms with van der Waals surface area (Å²) in [5.41, 5.74) is 7.47. The highest BCUT2D eigenvalue weighted by Gasteiger charge is 2.23. The predicted molar refractivity (Wildman–Crippen MR) is 101 cm³/mol. The molecule has 0 spiro atoms. The van der Waals surface area contributed by atoms with E-state index in [0.29, 0.717) is 22.9 Å². The zero-order chi connectivity index (χ0) is 17.9. The van der Waals surface area contributed by atoms with Crippen LogP contribution in [0.5, 0.6) is 0 Å². The van der Waals surface area contributed by atoms with E-state index in [2.05, 4.69) is 20.6 Å². The van der Waals surface area contributed by atoms with Crippen molar-refractivity contribution in [2.24, 2.45) is 5.73 Å². The Morgan fingerprint density at radius 2 is 1.92 bits per heavy atom. The van der Waals surface area contributed by atoms with E-state index in [9.17, 15) is 4.79 Å². The Morgan fingerprint density at radius 1 is 1.15 bits per heavy atom. The molecule has 4 rings (SSSR count). The summed E-state index contributed by atoms with van der Waals surface area (Å²) in [6.45, 7) is 0. The van der Waals surface area contributed by atoms with Gasteiger partial charge in [-0.3, -0.25) is 10.1 Å². The fourth-order valence-electron chi connectivity index (χ4n) is 3.85. The maximum absolute atomic E-state index is 12.5. The second kappa shape index (κ2) is 7.84. The van der Waals surface area contributed by atoms with Crippen molar-refractivity contribution in [1.82, 2.24) is 20.0 Å². The molecule has 1 saturated carbocycles. The number of hydrogen-bond acceptors (Lipinski definition) is 6. The molecule has 2 aliphatic rings. The van der Waals surface area contributed by atoms with Gasteiger partial charge in [0.1, 0.15) is 0 Å². The summed E-state index contributed by atoms with van der Waals surface area (Å²) in [5.74, 6) is -0.231. The highest BCUT2D eigenvalue weighted by atomic mass is 32.1. The Labute approximate surface area is 157 Å². The lowest BCUT2D eigenvalue weighted by atomic mass is 9.92. The SMILES string of the molecule is NC1CCC(n2cc(C(=O)Nc3nc4c(s3)CCCCCC4)nn2)CC1. The molecule has 0 saturated heterocycles. The van der Waals surface area contributed by atoms with E-state index in [1.54, 1.807) is 17.5 Å². The number of thiazole rings is 1. The molecule has 1 amide bonds. The molecule has 0 aliphatic heterocycles. The van der Waals surface area contributed by atoms with Gasteiger partial charge in [0.15, 0.2) is 10.8 Å². The summed E-state index contributed by atoms with van der Waals surface area (Å²) >= 11 is 1.60. The van der Waals surface area contributed by atoms with Gasteiger partial charge >= 0.3 is 0 Å². The molecule has 0 atom stereocenters. The van der Waals surface area contributed by atoms with Crippen molar-refractivity contribution < 1.29 is 4.79 Å². The van der Waals surface area contributed by atoms with Crippen LogP contribution in [-0.4, -0.2) is 31.9 Å². The van der Waals surface area contributed by atoms with Crippen LogP contribution in [0.3, 0.4) is 0 Å². The molecular weight excluding hydrogens is 348 g/mol. The maximum atomic E-state index is 12.5. The lowest BCUT2D eigenvalue weighted by Gasteiger charge is -2.25. The topological polar surface area (TPSA) is 98.7 Å². The predicted octanol–water partition coefficient (Wildman–Crippen LogP) is 3.09. The van der Waals surface area contributed by atoms with E-state index in [1.165, 1.54) is 30.6 Å². The summed E-state index contributed by atoms with van der Waals surface area (Å²) in [5, 5.41) is 11.8. The van der Waals surface area contributed by atoms with Crippen molar-refractivity contribution in [3.8, 4) is 0 Å². The third-order valence-corrected chi connectivity index (χ3v) is 6.50. The summed E-state index contributed by atoms with van der Waals surface area (Å²) < 4.78 is 1.82. The summed E-state index contributed by atoms with van der Waals surface area (Å²) in [4.78, 5) is 18.5. The molecule has 2 heterocycles. The third-order valence-electron chi connectivity index (χ3n) is 5.42. The van der Waals surface area contributed by atoms with E-state index >= 15 is 0 Å². The van der Waals surface area contributed by atoms with Crippen molar-refractivity contribution in [2.45, 2.75) is 76.3 Å². The third kappa shape index (κ3) is 3.96. The van der Waals surface area contributed by atoms with Crippen LogP contribution < -0.4 is 11.1 Å². The monoisotopic (exact) mass is 374 g/mol. The van der Waals surface area contributed by atoms with Crippen LogP contribution in [0.1, 0.15) is 78.5 Å². The van der Waals surface area contributed by atoms with Crippen LogP contribution in [0.2, 0.25) is 0 Å². The number of nitrogens with one attached hydrogen (secondary N) is 1. The fraction of sp³-hybridized carbons (Fsp3) is 0.667. The number of carbonyl (C=O) groups is 1. The van der Waals surface area contributed by atoms with Gasteiger partial charge in [-0.15, -0.1) is 16.4 Å². The van der Waals surface area contributed by atoms with Crippen LogP contribution in [0.4, 0.5) is 5.13 Å². The molecule has 0 bridgehead atoms. The van der Waals surface area contributed by atoms with Gasteiger partial charge in [0.05, 0.1) is 17.9 Å². The number of nitrogens with zero attached hydrogens (tertiary/aromatic N) is 4. The number of nitrogens with two attached hydrogens (primary N) is 1. The zero-order valence-electron chi connectivity index (χ0n) is 15.0. The van der Waals surface area contributed by atoms with Crippen molar-refractivity contribution in [3.05, 3.63) is 22.5 Å². The molecule has 1 fully saturated rings. The molecule has 26 heavy (non-hydrogen) atoms. The number of aromatic nitrogens is 4. The average Bonchev–Trinajstić information content (AvgIpc) is 3.23. The first-order valence-corrected chi connectivity index (χ1v) is 10.5. The zero-order valence-corrected chi connectivity index (χ0v) is 15.8. The second-order valence-electron chi connectivity index (χ2n) is 7.41. The van der Waals surface area contributed by atoms with Gasteiger partial charge in [0.25, 0.3) is 5.91 Å². The quantitative estimate of drug-likeness (QED) is 0.860. The highest BCUT2D eigenvalue weighted by Crippen LogP contribution is 2.29. The number of rotatable bonds is 3. The maximum Gasteiger partial charge on any atom is 0.279 e. The molecule has 8 heteroatoms. The molecular formula is C18H26N6OS. The molecule has 2 aromatic heterocycles. The van der Waals surface area contributed by atoms with E-state index in [0.717, 1.165) is 44.2 Å². The Balaban J connectivity index is 1.41. The van der Waals surface area contributed by atoms with Crippen LogP contribution in [0.25, 0.3) is 0 Å². The lowest BCUT2D eigenvalue weighted by Crippen LogP contribution is -2.28. The first kappa shape index (κ1) is 17.6. The molecule has 0 aromatic carbocycles. The average molecular weight is 375 g/mol. The normalized spacial score (nSPS) is 23.7. The minimum Gasteiger partial charge on any atom is -0.328 e. The number of aryl methyl sites for hydroxylation is 2. The van der Waals surface area contributed by atoms with Crippen molar-refractivity contribution >= 4 is 22.4 Å². The first-order valence-electron chi connectivity index (χ1n) is 9.66. The van der Waals surface area contributed by atoms with Crippen molar-refractivity contribution in [3.63, 3.8) is 0 Å². The second-order valence-corrected chi connectivity index (χ2v) is 8.49. The molecule has 3 N–H and O–H groups in total. The molecule has 0 radical (unpaired) electrons. The fourth-order valence-corrected chi connectivity index (χ4v) is 4.89. The smallest absolute Gasteiger partial charge is 0.279 e.